The number of benzene rings is 2. The molecule has 128 valence electrons. The van der Waals surface area contributed by atoms with Crippen LogP contribution in [-0.4, -0.2) is 32.3 Å². The lowest BCUT2D eigenvalue weighted by Gasteiger charge is -2.15. The van der Waals surface area contributed by atoms with Crippen molar-refractivity contribution in [3.05, 3.63) is 53.7 Å². The molecule has 0 spiro atoms. The van der Waals surface area contributed by atoms with Gasteiger partial charge in [-0.3, -0.25) is 0 Å². The van der Waals surface area contributed by atoms with Crippen LogP contribution in [0.4, 0.5) is 0 Å². The monoisotopic (exact) mass is 337 g/mol. The second-order valence-electron chi connectivity index (χ2n) is 5.56. The van der Waals surface area contributed by atoms with Crippen molar-refractivity contribution in [3.63, 3.8) is 0 Å². The highest BCUT2D eigenvalue weighted by molar-refractivity contribution is 6.02. The Hall–Kier alpha value is -3.08. The number of aromatic nitrogens is 1. The van der Waals surface area contributed by atoms with E-state index in [-0.39, 0.29) is 0 Å². The van der Waals surface area contributed by atoms with Gasteiger partial charge in [-0.15, -0.1) is 0 Å². The second-order valence-corrected chi connectivity index (χ2v) is 5.56. The van der Waals surface area contributed by atoms with Crippen molar-refractivity contribution < 1.29 is 19.0 Å². The van der Waals surface area contributed by atoms with Gasteiger partial charge in [0.05, 0.1) is 26.8 Å². The summed E-state index contributed by atoms with van der Waals surface area (Å²) < 4.78 is 15.5. The van der Waals surface area contributed by atoms with Crippen LogP contribution in [0, 0.1) is 6.92 Å². The van der Waals surface area contributed by atoms with E-state index in [0.717, 1.165) is 33.6 Å². The quantitative estimate of drug-likeness (QED) is 0.673. The topological polar surface area (TPSA) is 57.7 Å². The Bertz CT molecular complexity index is 933. The van der Waals surface area contributed by atoms with E-state index in [4.69, 9.17) is 14.2 Å². The number of rotatable bonds is 4. The van der Waals surface area contributed by atoms with Gasteiger partial charge >= 0.3 is 5.97 Å². The summed E-state index contributed by atoms with van der Waals surface area (Å²) >= 11 is 0. The maximum Gasteiger partial charge on any atom is 0.356 e. The van der Waals surface area contributed by atoms with Crippen LogP contribution in [0.25, 0.3) is 22.0 Å². The number of ether oxygens (including phenoxy) is 3. The second kappa shape index (κ2) is 6.81. The first kappa shape index (κ1) is 16.8. The first-order valence-corrected chi connectivity index (χ1v) is 7.80. The van der Waals surface area contributed by atoms with Gasteiger partial charge in [-0.2, -0.15) is 0 Å². The number of carbonyl (C=O) groups is 1. The average Bonchev–Trinajstić information content (AvgIpc) is 2.66. The molecule has 0 unspecified atom stereocenters. The Morgan fingerprint density at radius 3 is 2.16 bits per heavy atom. The SMILES string of the molecule is COC(=O)c1nc2ccc(OC)cc2c(-c2ccc(OC)cc2)c1C. The third kappa shape index (κ3) is 3.01. The number of fused-ring (bicyclic) bond motifs is 1. The van der Waals surface area contributed by atoms with Gasteiger partial charge in [-0.05, 0) is 53.9 Å². The van der Waals surface area contributed by atoms with Gasteiger partial charge in [0.1, 0.15) is 11.5 Å². The molecular formula is C20H19NO4. The molecule has 1 heterocycles. The Morgan fingerprint density at radius 1 is 0.920 bits per heavy atom. The molecule has 0 N–H and O–H groups in total. The number of hydrogen-bond donors (Lipinski definition) is 0. The molecule has 3 aromatic rings. The minimum Gasteiger partial charge on any atom is -0.497 e. The lowest BCUT2D eigenvalue weighted by Crippen LogP contribution is -2.08. The molecule has 0 fully saturated rings. The number of hydrogen-bond acceptors (Lipinski definition) is 5. The summed E-state index contributed by atoms with van der Waals surface area (Å²) in [6.07, 6.45) is 0. The molecule has 0 saturated carbocycles. The molecule has 1 aromatic heterocycles. The summed E-state index contributed by atoms with van der Waals surface area (Å²) in [4.78, 5) is 16.6. The number of nitrogens with zero attached hydrogens (tertiary/aromatic N) is 1. The van der Waals surface area contributed by atoms with Gasteiger partial charge < -0.3 is 14.2 Å². The molecule has 0 saturated heterocycles. The predicted octanol–water partition coefficient (Wildman–Crippen LogP) is 4.01. The Morgan fingerprint density at radius 2 is 1.56 bits per heavy atom. The lowest BCUT2D eigenvalue weighted by molar-refractivity contribution is 0.0593. The van der Waals surface area contributed by atoms with Crippen molar-refractivity contribution in [1.29, 1.82) is 0 Å². The molecule has 0 aliphatic rings. The van der Waals surface area contributed by atoms with Crippen molar-refractivity contribution in [2.24, 2.45) is 0 Å². The zero-order valence-electron chi connectivity index (χ0n) is 14.6. The summed E-state index contributed by atoms with van der Waals surface area (Å²) in [7, 11) is 4.61. The van der Waals surface area contributed by atoms with Crippen molar-refractivity contribution in [2.75, 3.05) is 21.3 Å². The standard InChI is InChI=1S/C20H19NO4/c1-12-18(13-5-7-14(23-2)8-6-13)16-11-15(24-3)9-10-17(16)21-19(12)20(22)25-4/h5-11H,1-4H3. The molecule has 0 atom stereocenters. The lowest BCUT2D eigenvalue weighted by atomic mass is 9.94. The van der Waals surface area contributed by atoms with Gasteiger partial charge in [-0.1, -0.05) is 12.1 Å². The fraction of sp³-hybridized carbons (Fsp3) is 0.200. The third-order valence-electron chi connectivity index (χ3n) is 4.19. The van der Waals surface area contributed by atoms with Crippen LogP contribution >= 0.6 is 0 Å². The van der Waals surface area contributed by atoms with Crippen LogP contribution in [0.3, 0.4) is 0 Å². The zero-order chi connectivity index (χ0) is 18.0. The van der Waals surface area contributed by atoms with Gasteiger partial charge in [0.2, 0.25) is 0 Å². The highest BCUT2D eigenvalue weighted by Gasteiger charge is 2.19. The van der Waals surface area contributed by atoms with E-state index < -0.39 is 5.97 Å². The molecule has 0 aliphatic heterocycles. The Kier molecular flexibility index (Phi) is 4.57. The van der Waals surface area contributed by atoms with E-state index in [1.807, 2.05) is 49.4 Å². The maximum atomic E-state index is 12.2. The predicted molar refractivity (Wildman–Crippen MR) is 96.4 cm³/mol. The van der Waals surface area contributed by atoms with Crippen molar-refractivity contribution in [3.8, 4) is 22.6 Å². The van der Waals surface area contributed by atoms with Crippen molar-refractivity contribution in [2.45, 2.75) is 6.92 Å². The number of esters is 1. The van der Waals surface area contributed by atoms with Gasteiger partial charge in [0.15, 0.2) is 5.69 Å². The van der Waals surface area contributed by atoms with Gasteiger partial charge in [0, 0.05) is 5.39 Å². The normalized spacial score (nSPS) is 10.6. The minimum atomic E-state index is -0.454. The average molecular weight is 337 g/mol. The first-order valence-electron chi connectivity index (χ1n) is 7.80. The Labute approximate surface area is 146 Å². The summed E-state index contributed by atoms with van der Waals surface area (Å²) in [5, 5.41) is 0.912. The van der Waals surface area contributed by atoms with Gasteiger partial charge in [-0.25, -0.2) is 9.78 Å². The van der Waals surface area contributed by atoms with Crippen LogP contribution in [-0.2, 0) is 4.74 Å². The molecule has 2 aromatic carbocycles. The number of methoxy groups -OCH3 is 3. The molecule has 0 radical (unpaired) electrons. The molecule has 25 heavy (non-hydrogen) atoms. The van der Waals surface area contributed by atoms with E-state index in [1.54, 1.807) is 14.2 Å². The number of carbonyl (C=O) groups excluding carboxylic acids is 1. The van der Waals surface area contributed by atoms with E-state index in [2.05, 4.69) is 4.98 Å². The smallest absolute Gasteiger partial charge is 0.356 e. The molecule has 0 bridgehead atoms. The summed E-state index contributed by atoms with van der Waals surface area (Å²) in [5.74, 6) is 1.05. The molecule has 5 heteroatoms. The van der Waals surface area contributed by atoms with Crippen LogP contribution in [0.1, 0.15) is 16.1 Å². The molecule has 0 aliphatic carbocycles. The van der Waals surface area contributed by atoms with Crippen LogP contribution in [0.2, 0.25) is 0 Å². The van der Waals surface area contributed by atoms with Gasteiger partial charge in [0.25, 0.3) is 0 Å². The van der Waals surface area contributed by atoms with E-state index >= 15 is 0 Å². The summed E-state index contributed by atoms with van der Waals surface area (Å²) in [6, 6.07) is 13.3. The van der Waals surface area contributed by atoms with E-state index in [1.165, 1.54) is 7.11 Å². The highest BCUT2D eigenvalue weighted by atomic mass is 16.5. The zero-order valence-corrected chi connectivity index (χ0v) is 14.6. The van der Waals surface area contributed by atoms with Crippen LogP contribution < -0.4 is 9.47 Å². The third-order valence-corrected chi connectivity index (χ3v) is 4.19. The van der Waals surface area contributed by atoms with Crippen molar-refractivity contribution in [1.82, 2.24) is 4.98 Å². The highest BCUT2D eigenvalue weighted by Crippen LogP contribution is 2.35. The maximum absolute atomic E-state index is 12.2. The van der Waals surface area contributed by atoms with E-state index in [0.29, 0.717) is 11.2 Å². The fourth-order valence-electron chi connectivity index (χ4n) is 2.89. The fourth-order valence-corrected chi connectivity index (χ4v) is 2.89. The van der Waals surface area contributed by atoms with Crippen molar-refractivity contribution >= 4 is 16.9 Å². The molecule has 0 amide bonds. The summed E-state index contributed by atoms with van der Waals surface area (Å²) in [5.41, 5.74) is 3.66. The van der Waals surface area contributed by atoms with Crippen LogP contribution in [0.5, 0.6) is 11.5 Å². The minimum absolute atomic E-state index is 0.311. The first-order chi connectivity index (χ1) is 12.1. The summed E-state index contributed by atoms with van der Waals surface area (Å²) in [6.45, 7) is 1.87. The van der Waals surface area contributed by atoms with Crippen LogP contribution in [0.15, 0.2) is 42.5 Å². The molecular weight excluding hydrogens is 318 g/mol. The Balaban J connectivity index is 2.34. The van der Waals surface area contributed by atoms with E-state index in [9.17, 15) is 4.79 Å². The molecule has 5 nitrogen and oxygen atoms in total. The number of pyridine rings is 1. The largest absolute Gasteiger partial charge is 0.497 e. The molecule has 3 rings (SSSR count).